The fourth-order valence-corrected chi connectivity index (χ4v) is 3.86. The maximum atomic E-state index is 12.9. The van der Waals surface area contributed by atoms with Crippen molar-refractivity contribution in [1.82, 2.24) is 5.32 Å². The van der Waals surface area contributed by atoms with E-state index in [1.807, 2.05) is 18.2 Å². The van der Waals surface area contributed by atoms with Gasteiger partial charge in [0.05, 0.1) is 11.4 Å². The number of carbonyl (C=O) groups is 3. The number of hydrogen-bond donors (Lipinski definition) is 1. The minimum Gasteiger partial charge on any atom is -0.371 e. The van der Waals surface area contributed by atoms with Crippen LogP contribution < -0.4 is 15.1 Å². The monoisotopic (exact) mass is 475 g/mol. The number of nitrogens with one attached hydrogen (secondary N) is 1. The molecule has 1 saturated heterocycles. The van der Waals surface area contributed by atoms with E-state index in [1.54, 1.807) is 24.3 Å². The Kier molecular flexibility index (Phi) is 6.39. The van der Waals surface area contributed by atoms with Crippen LogP contribution in [0.4, 0.5) is 16.2 Å². The third-order valence-electron chi connectivity index (χ3n) is 4.57. The largest absolute Gasteiger partial charge is 0.371 e. The molecular formula is C21H19BrClN3O3. The van der Waals surface area contributed by atoms with Crippen molar-refractivity contribution in [2.75, 3.05) is 22.9 Å². The van der Waals surface area contributed by atoms with E-state index >= 15 is 0 Å². The maximum absolute atomic E-state index is 12.9. The summed E-state index contributed by atoms with van der Waals surface area (Å²) in [4.78, 5) is 40.6. The molecule has 1 aliphatic heterocycles. The quantitative estimate of drug-likeness (QED) is 0.505. The number of carbonyl (C=O) groups excluding carboxylic acids is 3. The molecule has 0 aromatic heterocycles. The number of nitrogens with zero attached hydrogens (tertiary/aromatic N) is 2. The van der Waals surface area contributed by atoms with Gasteiger partial charge >= 0.3 is 6.03 Å². The number of amides is 4. The van der Waals surface area contributed by atoms with Gasteiger partial charge in [-0.25, -0.2) is 9.69 Å². The molecule has 0 aliphatic carbocycles. The lowest BCUT2D eigenvalue weighted by atomic mass is 10.1. The molecule has 2 aromatic carbocycles. The first kappa shape index (κ1) is 21.1. The molecule has 1 heterocycles. The number of hydrogen-bond acceptors (Lipinski definition) is 4. The summed E-state index contributed by atoms with van der Waals surface area (Å²) in [6, 6.07) is 11.0. The zero-order chi connectivity index (χ0) is 21.1. The number of barbiturate groups is 1. The average molecular weight is 477 g/mol. The van der Waals surface area contributed by atoms with Crippen LogP contribution >= 0.6 is 27.5 Å². The highest BCUT2D eigenvalue weighted by atomic mass is 79.9. The van der Waals surface area contributed by atoms with Crippen LogP contribution in [0.15, 0.2) is 52.5 Å². The van der Waals surface area contributed by atoms with Crippen LogP contribution in [-0.4, -0.2) is 30.9 Å². The van der Waals surface area contributed by atoms with Crippen LogP contribution in [0.25, 0.3) is 6.08 Å². The van der Waals surface area contributed by atoms with Crippen molar-refractivity contribution in [2.24, 2.45) is 0 Å². The predicted octanol–water partition coefficient (Wildman–Crippen LogP) is 4.62. The van der Waals surface area contributed by atoms with Crippen LogP contribution in [-0.2, 0) is 9.59 Å². The molecule has 29 heavy (non-hydrogen) atoms. The smallest absolute Gasteiger partial charge is 0.335 e. The van der Waals surface area contributed by atoms with Gasteiger partial charge in [0.2, 0.25) is 0 Å². The fraction of sp³-hybridized carbons (Fsp3) is 0.190. The van der Waals surface area contributed by atoms with Gasteiger partial charge in [-0.1, -0.05) is 17.7 Å². The number of urea groups is 1. The van der Waals surface area contributed by atoms with Crippen molar-refractivity contribution in [2.45, 2.75) is 13.8 Å². The lowest BCUT2D eigenvalue weighted by molar-refractivity contribution is -0.122. The highest BCUT2D eigenvalue weighted by Crippen LogP contribution is 2.29. The second-order valence-corrected chi connectivity index (χ2v) is 7.61. The maximum Gasteiger partial charge on any atom is 0.335 e. The molecule has 0 saturated carbocycles. The summed E-state index contributed by atoms with van der Waals surface area (Å²) in [6.45, 7) is 5.85. The molecule has 4 amide bonds. The van der Waals surface area contributed by atoms with Gasteiger partial charge in [0.25, 0.3) is 11.8 Å². The van der Waals surface area contributed by atoms with Gasteiger partial charge in [0, 0.05) is 22.6 Å². The molecule has 150 valence electrons. The van der Waals surface area contributed by atoms with Crippen LogP contribution in [0.5, 0.6) is 0 Å². The molecule has 0 radical (unpaired) electrons. The van der Waals surface area contributed by atoms with Crippen LogP contribution in [0.1, 0.15) is 19.4 Å². The molecule has 6 nitrogen and oxygen atoms in total. The molecule has 0 bridgehead atoms. The molecule has 1 fully saturated rings. The summed E-state index contributed by atoms with van der Waals surface area (Å²) in [7, 11) is 0. The van der Waals surface area contributed by atoms with E-state index in [-0.39, 0.29) is 5.57 Å². The molecule has 1 N–H and O–H groups in total. The number of imide groups is 2. The van der Waals surface area contributed by atoms with Crippen molar-refractivity contribution in [3.63, 3.8) is 0 Å². The van der Waals surface area contributed by atoms with Crippen molar-refractivity contribution < 1.29 is 14.4 Å². The summed E-state index contributed by atoms with van der Waals surface area (Å²) in [5, 5.41) is 2.69. The Bertz CT molecular complexity index is 1000. The Morgan fingerprint density at radius 1 is 1.07 bits per heavy atom. The topological polar surface area (TPSA) is 69.7 Å². The van der Waals surface area contributed by atoms with Gasteiger partial charge in [-0.2, -0.15) is 0 Å². The molecule has 0 unspecified atom stereocenters. The van der Waals surface area contributed by atoms with Gasteiger partial charge in [-0.3, -0.25) is 14.9 Å². The molecule has 8 heteroatoms. The number of anilines is 2. The average Bonchev–Trinajstić information content (AvgIpc) is 2.69. The lowest BCUT2D eigenvalue weighted by Gasteiger charge is -2.26. The zero-order valence-electron chi connectivity index (χ0n) is 15.9. The summed E-state index contributed by atoms with van der Waals surface area (Å²) in [5.74, 6) is -1.42. The first-order valence-corrected chi connectivity index (χ1v) is 10.2. The van der Waals surface area contributed by atoms with Crippen molar-refractivity contribution in [1.29, 1.82) is 0 Å². The first-order chi connectivity index (χ1) is 13.8. The Balaban J connectivity index is 1.96. The third kappa shape index (κ3) is 4.36. The van der Waals surface area contributed by atoms with E-state index in [0.29, 0.717) is 16.3 Å². The summed E-state index contributed by atoms with van der Waals surface area (Å²) in [5.41, 5.74) is 1.89. The molecule has 0 atom stereocenters. The van der Waals surface area contributed by atoms with Gasteiger partial charge in [-0.15, -0.1) is 0 Å². The predicted molar refractivity (Wildman–Crippen MR) is 118 cm³/mol. The van der Waals surface area contributed by atoms with E-state index in [9.17, 15) is 14.4 Å². The zero-order valence-corrected chi connectivity index (χ0v) is 18.3. The van der Waals surface area contributed by atoms with E-state index in [1.165, 1.54) is 6.08 Å². The second kappa shape index (κ2) is 8.80. The Labute approximate surface area is 182 Å². The number of benzene rings is 2. The van der Waals surface area contributed by atoms with Crippen LogP contribution in [0, 0.1) is 0 Å². The highest BCUT2D eigenvalue weighted by Gasteiger charge is 2.36. The molecule has 0 spiro atoms. The summed E-state index contributed by atoms with van der Waals surface area (Å²) >= 11 is 9.43. The summed E-state index contributed by atoms with van der Waals surface area (Å²) in [6.07, 6.45) is 1.48. The minimum absolute atomic E-state index is 0.123. The highest BCUT2D eigenvalue weighted by molar-refractivity contribution is 9.10. The van der Waals surface area contributed by atoms with E-state index in [0.717, 1.165) is 28.1 Å². The fourth-order valence-electron chi connectivity index (χ4n) is 3.08. The number of halogens is 2. The van der Waals surface area contributed by atoms with Gasteiger partial charge in [0.1, 0.15) is 5.57 Å². The van der Waals surface area contributed by atoms with Gasteiger partial charge in [0.15, 0.2) is 0 Å². The van der Waals surface area contributed by atoms with E-state index in [4.69, 9.17) is 11.6 Å². The van der Waals surface area contributed by atoms with Gasteiger partial charge in [-0.05, 0) is 77.8 Å². The second-order valence-electron chi connectivity index (χ2n) is 6.32. The lowest BCUT2D eigenvalue weighted by Crippen LogP contribution is -2.54. The molecule has 3 rings (SSSR count). The van der Waals surface area contributed by atoms with Crippen molar-refractivity contribution in [3.05, 3.63) is 63.1 Å². The Morgan fingerprint density at radius 3 is 2.31 bits per heavy atom. The van der Waals surface area contributed by atoms with Crippen LogP contribution in [0.3, 0.4) is 0 Å². The third-order valence-corrected chi connectivity index (χ3v) is 5.46. The molecule has 2 aromatic rings. The Morgan fingerprint density at radius 2 is 1.72 bits per heavy atom. The van der Waals surface area contributed by atoms with Gasteiger partial charge < -0.3 is 4.90 Å². The molecule has 1 aliphatic rings. The SMILES string of the molecule is CCN(CC)c1ccc(/C=C2\C(=O)NC(=O)N(c3ccc(Cl)cc3)C2=O)cc1Br. The van der Waals surface area contributed by atoms with Crippen LogP contribution in [0.2, 0.25) is 5.02 Å². The molecular weight excluding hydrogens is 458 g/mol. The normalized spacial score (nSPS) is 15.7. The summed E-state index contributed by atoms with van der Waals surface area (Å²) < 4.78 is 0.852. The standard InChI is InChI=1S/C21H19BrClN3O3/c1-3-25(4-2)18-10-5-13(12-17(18)22)11-16-19(27)24-21(29)26(20(16)28)15-8-6-14(23)7-9-15/h5-12H,3-4H2,1-2H3,(H,24,27,29)/b16-11+. The van der Waals surface area contributed by atoms with E-state index in [2.05, 4.69) is 40.0 Å². The number of rotatable bonds is 5. The first-order valence-electron chi connectivity index (χ1n) is 9.07. The van der Waals surface area contributed by atoms with Crippen molar-refractivity contribution in [3.8, 4) is 0 Å². The van der Waals surface area contributed by atoms with E-state index < -0.39 is 17.8 Å². The minimum atomic E-state index is -0.794. The van der Waals surface area contributed by atoms with Crippen molar-refractivity contribution >= 4 is 62.8 Å². The Hall–Kier alpha value is -2.64.